The monoisotopic (exact) mass is 364 g/mol. The molecule has 0 aliphatic carbocycles. The Kier molecular flexibility index (Phi) is 6.11. The summed E-state index contributed by atoms with van der Waals surface area (Å²) in [7, 11) is -3.47. The van der Waals surface area contributed by atoms with Crippen LogP contribution in [0.5, 0.6) is 0 Å². The highest BCUT2D eigenvalue weighted by molar-refractivity contribution is 7.88. The molecule has 2 rings (SSSR count). The number of nitrogens with one attached hydrogen (secondary N) is 1. The average Bonchev–Trinajstić information content (AvgIpc) is 3.04. The first kappa shape index (κ1) is 18.9. The first-order valence-corrected chi connectivity index (χ1v) is 9.49. The molecule has 1 amide bonds. The number of amides is 1. The third-order valence-electron chi connectivity index (χ3n) is 3.54. The number of sulfonamides is 1. The molecule has 8 heteroatoms. The average molecular weight is 364 g/mol. The molecular formula is C17H20N2O5S. The number of anilines is 1. The Labute approximate surface area is 146 Å². The van der Waals surface area contributed by atoms with Gasteiger partial charge in [0.25, 0.3) is 0 Å². The lowest BCUT2D eigenvalue weighted by molar-refractivity contribution is -0.116. The van der Waals surface area contributed by atoms with Crippen LogP contribution in [-0.4, -0.2) is 37.2 Å². The second-order valence-electron chi connectivity index (χ2n) is 5.61. The quantitative estimate of drug-likeness (QED) is 0.725. The molecule has 1 heterocycles. The fraction of sp³-hybridized carbons (Fsp3) is 0.294. The van der Waals surface area contributed by atoms with E-state index in [4.69, 9.17) is 4.42 Å². The molecule has 0 saturated carbocycles. The molecule has 0 fully saturated rings. The van der Waals surface area contributed by atoms with Crippen LogP contribution in [0.4, 0.5) is 5.69 Å². The smallest absolute Gasteiger partial charge is 0.225 e. The second kappa shape index (κ2) is 8.09. The molecule has 0 bridgehead atoms. The van der Waals surface area contributed by atoms with Crippen LogP contribution < -0.4 is 5.32 Å². The van der Waals surface area contributed by atoms with Crippen LogP contribution >= 0.6 is 0 Å². The number of Topliss-reactive ketones (excluding diaryl/α,β-unsaturated/α-hetero) is 1. The van der Waals surface area contributed by atoms with Crippen LogP contribution in [0.25, 0.3) is 0 Å². The summed E-state index contributed by atoms with van der Waals surface area (Å²) >= 11 is 0. The van der Waals surface area contributed by atoms with Crippen molar-refractivity contribution in [1.82, 2.24) is 4.31 Å². The minimum atomic E-state index is -3.47. The Hall–Kier alpha value is -2.45. The number of nitrogens with zero attached hydrogens (tertiary/aromatic N) is 1. The number of furan rings is 1. The van der Waals surface area contributed by atoms with Gasteiger partial charge in [-0.3, -0.25) is 9.59 Å². The van der Waals surface area contributed by atoms with Gasteiger partial charge in [0.2, 0.25) is 15.9 Å². The zero-order valence-corrected chi connectivity index (χ0v) is 14.9. The summed E-state index contributed by atoms with van der Waals surface area (Å²) in [6.07, 6.45) is 2.56. The summed E-state index contributed by atoms with van der Waals surface area (Å²) in [5.74, 6) is 0.133. The van der Waals surface area contributed by atoms with E-state index >= 15 is 0 Å². The number of hydrogen-bond donors (Lipinski definition) is 1. The summed E-state index contributed by atoms with van der Waals surface area (Å²) in [5, 5.41) is 2.68. The zero-order chi connectivity index (χ0) is 18.4. The van der Waals surface area contributed by atoms with Gasteiger partial charge in [-0.1, -0.05) is 0 Å². The normalized spacial score (nSPS) is 11.5. The molecule has 1 N–H and O–H groups in total. The van der Waals surface area contributed by atoms with E-state index in [1.165, 1.54) is 17.5 Å². The van der Waals surface area contributed by atoms with Crippen molar-refractivity contribution in [3.63, 3.8) is 0 Å². The molecule has 0 aliphatic heterocycles. The Bertz CT molecular complexity index is 826. The molecule has 0 radical (unpaired) electrons. The van der Waals surface area contributed by atoms with E-state index in [9.17, 15) is 18.0 Å². The first-order valence-electron chi connectivity index (χ1n) is 7.64. The molecule has 0 aliphatic rings. The summed E-state index contributed by atoms with van der Waals surface area (Å²) < 4.78 is 30.0. The van der Waals surface area contributed by atoms with Gasteiger partial charge in [-0.15, -0.1) is 0 Å². The van der Waals surface area contributed by atoms with Crippen molar-refractivity contribution in [3.8, 4) is 0 Å². The van der Waals surface area contributed by atoms with Crippen LogP contribution in [0.3, 0.4) is 0 Å². The molecule has 0 unspecified atom stereocenters. The van der Waals surface area contributed by atoms with Gasteiger partial charge >= 0.3 is 0 Å². The fourth-order valence-corrected chi connectivity index (χ4v) is 2.96. The van der Waals surface area contributed by atoms with Gasteiger partial charge in [-0.2, -0.15) is 4.31 Å². The predicted octanol–water partition coefficient (Wildman–Crippen LogP) is 2.27. The number of rotatable bonds is 8. The number of hydrogen-bond acceptors (Lipinski definition) is 5. The molecule has 7 nitrogen and oxygen atoms in total. The zero-order valence-electron chi connectivity index (χ0n) is 14.1. The minimum absolute atomic E-state index is 0.00222. The molecule has 1 aromatic carbocycles. The molecule has 0 atom stereocenters. The van der Waals surface area contributed by atoms with Crippen LogP contribution in [0, 0.1) is 0 Å². The predicted molar refractivity (Wildman–Crippen MR) is 93.7 cm³/mol. The summed E-state index contributed by atoms with van der Waals surface area (Å²) in [6.45, 7) is 1.58. The lowest BCUT2D eigenvalue weighted by Crippen LogP contribution is -2.32. The first-order chi connectivity index (χ1) is 11.8. The Morgan fingerprint density at radius 1 is 1.16 bits per heavy atom. The van der Waals surface area contributed by atoms with Crippen molar-refractivity contribution < 1.29 is 22.4 Å². The topological polar surface area (TPSA) is 96.7 Å². The van der Waals surface area contributed by atoms with Gasteiger partial charge in [-0.05, 0) is 43.3 Å². The highest BCUT2D eigenvalue weighted by Gasteiger charge is 2.19. The van der Waals surface area contributed by atoms with Crippen molar-refractivity contribution in [2.45, 2.75) is 19.9 Å². The van der Waals surface area contributed by atoms with Gasteiger partial charge in [0, 0.05) is 24.2 Å². The van der Waals surface area contributed by atoms with Crippen molar-refractivity contribution >= 4 is 27.4 Å². The van der Waals surface area contributed by atoms with Gasteiger partial charge in [0.15, 0.2) is 5.78 Å². The van der Waals surface area contributed by atoms with Gasteiger partial charge in [-0.25, -0.2) is 8.42 Å². The van der Waals surface area contributed by atoms with Crippen molar-refractivity contribution in [2.75, 3.05) is 18.1 Å². The molecule has 1 aromatic heterocycles. The summed E-state index contributed by atoms with van der Waals surface area (Å²) in [5.41, 5.74) is 1.10. The lowest BCUT2D eigenvalue weighted by Gasteiger charge is -2.18. The molecular weight excluding hydrogens is 344 g/mol. The Morgan fingerprint density at radius 3 is 2.36 bits per heavy atom. The highest BCUT2D eigenvalue weighted by Crippen LogP contribution is 2.12. The standard InChI is InChI=1S/C17H20N2O5S/c1-13(20)14-5-7-15(8-6-14)18-17(21)9-10-19(25(2,22)23)12-16-4-3-11-24-16/h3-8,11H,9-10,12H2,1-2H3,(H,18,21). The Balaban J connectivity index is 1.93. The third kappa shape index (κ3) is 5.84. The molecule has 134 valence electrons. The molecule has 2 aromatic rings. The van der Waals surface area contributed by atoms with E-state index in [0.29, 0.717) is 17.0 Å². The lowest BCUT2D eigenvalue weighted by atomic mass is 10.1. The molecule has 25 heavy (non-hydrogen) atoms. The number of ketones is 1. The van der Waals surface area contributed by atoms with E-state index in [0.717, 1.165) is 6.26 Å². The Morgan fingerprint density at radius 2 is 1.84 bits per heavy atom. The maximum absolute atomic E-state index is 12.0. The largest absolute Gasteiger partial charge is 0.468 e. The summed E-state index contributed by atoms with van der Waals surface area (Å²) in [6, 6.07) is 9.86. The highest BCUT2D eigenvalue weighted by atomic mass is 32.2. The SMILES string of the molecule is CC(=O)c1ccc(NC(=O)CCN(Cc2ccco2)S(C)(=O)=O)cc1. The van der Waals surface area contributed by atoms with E-state index in [-0.39, 0.29) is 31.2 Å². The van der Waals surface area contributed by atoms with Crippen LogP contribution in [-0.2, 0) is 21.4 Å². The van der Waals surface area contributed by atoms with E-state index < -0.39 is 10.0 Å². The fourth-order valence-electron chi connectivity index (χ4n) is 2.18. The summed E-state index contributed by atoms with van der Waals surface area (Å²) in [4.78, 5) is 23.3. The van der Waals surface area contributed by atoms with Gasteiger partial charge < -0.3 is 9.73 Å². The van der Waals surface area contributed by atoms with Crippen molar-refractivity contribution in [2.24, 2.45) is 0 Å². The van der Waals surface area contributed by atoms with Crippen LogP contribution in [0.15, 0.2) is 47.1 Å². The second-order valence-corrected chi connectivity index (χ2v) is 7.59. The van der Waals surface area contributed by atoms with E-state index in [1.807, 2.05) is 0 Å². The number of carbonyl (C=O) groups is 2. The molecule has 0 saturated heterocycles. The maximum Gasteiger partial charge on any atom is 0.225 e. The van der Waals surface area contributed by atoms with E-state index in [1.54, 1.807) is 36.4 Å². The third-order valence-corrected chi connectivity index (χ3v) is 4.79. The molecule has 0 spiro atoms. The van der Waals surface area contributed by atoms with Gasteiger partial charge in [0.1, 0.15) is 5.76 Å². The van der Waals surface area contributed by atoms with Crippen LogP contribution in [0.2, 0.25) is 0 Å². The number of benzene rings is 1. The van der Waals surface area contributed by atoms with Crippen molar-refractivity contribution in [3.05, 3.63) is 54.0 Å². The maximum atomic E-state index is 12.0. The van der Waals surface area contributed by atoms with Crippen LogP contribution in [0.1, 0.15) is 29.5 Å². The number of carbonyl (C=O) groups excluding carboxylic acids is 2. The minimum Gasteiger partial charge on any atom is -0.468 e. The van der Waals surface area contributed by atoms with Crippen molar-refractivity contribution in [1.29, 1.82) is 0 Å². The van der Waals surface area contributed by atoms with Gasteiger partial charge in [0.05, 0.1) is 19.1 Å². The van der Waals surface area contributed by atoms with E-state index in [2.05, 4.69) is 5.32 Å².